The first kappa shape index (κ1) is 38.0. The molecule has 1 amide bonds. The van der Waals surface area contributed by atoms with E-state index in [0.29, 0.717) is 37.7 Å². The Morgan fingerprint density at radius 2 is 1.66 bits per heavy atom. The van der Waals surface area contributed by atoms with E-state index in [4.69, 9.17) is 25.0 Å². The molecule has 0 aliphatic carbocycles. The van der Waals surface area contributed by atoms with Gasteiger partial charge < -0.3 is 14.7 Å². The third kappa shape index (κ3) is 12.7. The lowest BCUT2D eigenvalue weighted by atomic mass is 9.86. The smallest absolute Gasteiger partial charge is 0.290 e. The minimum Gasteiger partial charge on any atom is -0.494 e. The Labute approximate surface area is 264 Å². The predicted molar refractivity (Wildman–Crippen MR) is 180 cm³/mol. The number of amides is 1. The van der Waals surface area contributed by atoms with E-state index in [2.05, 4.69) is 69.9 Å². The van der Waals surface area contributed by atoms with Crippen LogP contribution in [0.2, 0.25) is 0 Å². The minimum absolute atomic E-state index is 0.00375. The summed E-state index contributed by atoms with van der Waals surface area (Å²) in [6.45, 7) is 17.7. The van der Waals surface area contributed by atoms with Gasteiger partial charge in [-0.2, -0.15) is 0 Å². The molecule has 0 bridgehead atoms. The number of amidine groups is 1. The molecule has 44 heavy (non-hydrogen) atoms. The molecule has 8 nitrogen and oxygen atoms in total. The highest BCUT2D eigenvalue weighted by Crippen LogP contribution is 2.26. The lowest BCUT2D eigenvalue weighted by molar-refractivity contribution is -0.127. The number of rotatable bonds is 11. The highest BCUT2D eigenvalue weighted by Gasteiger charge is 2.15. The molecular weight excluding hydrogens is 552 g/mol. The van der Waals surface area contributed by atoms with Crippen LogP contribution in [0.5, 0.6) is 5.75 Å². The summed E-state index contributed by atoms with van der Waals surface area (Å²) in [5, 5.41) is 15.1. The summed E-state index contributed by atoms with van der Waals surface area (Å²) in [7, 11) is 0. The van der Waals surface area contributed by atoms with Crippen molar-refractivity contribution in [2.45, 2.75) is 99.3 Å². The van der Waals surface area contributed by atoms with Crippen LogP contribution in [-0.2, 0) is 34.3 Å². The number of carboxylic acid groups (broad SMARTS) is 1. The van der Waals surface area contributed by atoms with Gasteiger partial charge in [-0.1, -0.05) is 65.8 Å². The number of hydrogen-bond acceptors (Lipinski definition) is 6. The summed E-state index contributed by atoms with van der Waals surface area (Å²) >= 11 is 0. The van der Waals surface area contributed by atoms with E-state index >= 15 is 0 Å². The van der Waals surface area contributed by atoms with Crippen LogP contribution in [0.15, 0.2) is 54.7 Å². The molecule has 0 spiro atoms. The topological polar surface area (TPSA) is 116 Å². The zero-order valence-electron chi connectivity index (χ0n) is 27.9. The van der Waals surface area contributed by atoms with Crippen LogP contribution in [0.4, 0.5) is 0 Å². The molecule has 0 saturated carbocycles. The average molecular weight is 605 g/mol. The fourth-order valence-electron chi connectivity index (χ4n) is 4.49. The van der Waals surface area contributed by atoms with Crippen molar-refractivity contribution in [3.63, 3.8) is 0 Å². The van der Waals surface area contributed by atoms with Crippen molar-refractivity contribution < 1.29 is 19.4 Å². The van der Waals surface area contributed by atoms with Crippen LogP contribution >= 0.6 is 0 Å². The van der Waals surface area contributed by atoms with Gasteiger partial charge in [0.1, 0.15) is 11.6 Å². The highest BCUT2D eigenvalue weighted by atomic mass is 16.5. The molecule has 2 aromatic carbocycles. The van der Waals surface area contributed by atoms with Gasteiger partial charge in [0.2, 0.25) is 5.91 Å². The maximum atomic E-state index is 11.9. The predicted octanol–water partition coefficient (Wildman–Crippen LogP) is 7.91. The largest absolute Gasteiger partial charge is 0.494 e. The van der Waals surface area contributed by atoms with Crippen molar-refractivity contribution >= 4 is 18.2 Å². The van der Waals surface area contributed by atoms with Crippen molar-refractivity contribution in [2.24, 2.45) is 0 Å². The monoisotopic (exact) mass is 604 g/mol. The van der Waals surface area contributed by atoms with Gasteiger partial charge in [-0.3, -0.25) is 15.0 Å². The van der Waals surface area contributed by atoms with Crippen LogP contribution in [0.3, 0.4) is 0 Å². The van der Waals surface area contributed by atoms with Gasteiger partial charge in [0.25, 0.3) is 6.47 Å². The van der Waals surface area contributed by atoms with Crippen molar-refractivity contribution in [2.75, 3.05) is 13.2 Å². The number of nitrogens with one attached hydrogen (secondary N) is 1. The molecule has 0 aliphatic heterocycles. The standard InChI is InChI=1S/C23H32N4O2.C12H18.CH2O2/c1-5-17-16-18(12-13-20(17)29-8-4)23-25-15-14-19(26-23)10-9-11-21(24)27(7-3)22(28)6-2;1-5-10-6-8-11(9-7-10)12(2,3)4;2-1-3/h12-16,24H,5-11H2,1-4H3;6-9H,5H2,1-4H3;1H,(H,2,3). The lowest BCUT2D eigenvalue weighted by Crippen LogP contribution is -2.35. The Morgan fingerprint density at radius 3 is 2.18 bits per heavy atom. The number of carbonyl (C=O) groups is 2. The number of benzene rings is 2. The van der Waals surface area contributed by atoms with E-state index in [1.54, 1.807) is 11.1 Å². The molecule has 1 aromatic heterocycles. The molecule has 240 valence electrons. The van der Waals surface area contributed by atoms with E-state index < -0.39 is 0 Å². The average Bonchev–Trinajstić information content (AvgIpc) is 3.02. The van der Waals surface area contributed by atoms with E-state index in [-0.39, 0.29) is 17.8 Å². The molecule has 0 saturated heterocycles. The Kier molecular flexibility index (Phi) is 17.2. The van der Waals surface area contributed by atoms with Crippen molar-refractivity contribution in [3.05, 3.63) is 77.1 Å². The second kappa shape index (κ2) is 20.0. The molecule has 0 unspecified atom stereocenters. The number of ether oxygens (including phenoxy) is 1. The summed E-state index contributed by atoms with van der Waals surface area (Å²) in [5.74, 6) is 2.00. The maximum absolute atomic E-state index is 11.9. The molecule has 0 fully saturated rings. The first-order valence-corrected chi connectivity index (χ1v) is 15.6. The van der Waals surface area contributed by atoms with E-state index in [0.717, 1.165) is 48.3 Å². The zero-order chi connectivity index (χ0) is 33.1. The maximum Gasteiger partial charge on any atom is 0.290 e. The Hall–Kier alpha value is -4.07. The molecule has 3 rings (SSSR count). The number of aromatic nitrogens is 2. The van der Waals surface area contributed by atoms with E-state index in [1.165, 1.54) is 11.1 Å². The molecule has 1 heterocycles. The quantitative estimate of drug-likeness (QED) is 0.130. The van der Waals surface area contributed by atoms with Gasteiger partial charge in [-0.05, 0) is 85.9 Å². The lowest BCUT2D eigenvalue weighted by Gasteiger charge is -2.20. The van der Waals surface area contributed by atoms with Gasteiger partial charge in [-0.15, -0.1) is 0 Å². The fraction of sp³-hybridized carbons (Fsp3) is 0.472. The van der Waals surface area contributed by atoms with Gasteiger partial charge in [0.15, 0.2) is 5.82 Å². The first-order chi connectivity index (χ1) is 21.0. The summed E-state index contributed by atoms with van der Waals surface area (Å²) in [6.07, 6.45) is 6.29. The first-order valence-electron chi connectivity index (χ1n) is 15.6. The van der Waals surface area contributed by atoms with Gasteiger partial charge in [-0.25, -0.2) is 9.97 Å². The molecule has 0 atom stereocenters. The fourth-order valence-corrected chi connectivity index (χ4v) is 4.49. The molecule has 8 heteroatoms. The summed E-state index contributed by atoms with van der Waals surface area (Å²) in [4.78, 5) is 30.9. The van der Waals surface area contributed by atoms with Crippen LogP contribution < -0.4 is 4.74 Å². The number of carbonyl (C=O) groups excluding carboxylic acids is 1. The van der Waals surface area contributed by atoms with Crippen molar-refractivity contribution in [1.82, 2.24) is 14.9 Å². The van der Waals surface area contributed by atoms with Crippen molar-refractivity contribution in [3.8, 4) is 17.1 Å². The molecule has 2 N–H and O–H groups in total. The molecule has 3 aromatic rings. The SMILES string of the molecule is CCOc1ccc(-c2nccc(CCCC(=N)N(CC)C(=O)CC)n2)cc1CC.CCc1ccc(C(C)(C)C)cc1.O=CO. The Balaban J connectivity index is 0.000000533. The van der Waals surface area contributed by atoms with E-state index in [9.17, 15) is 4.79 Å². The summed E-state index contributed by atoms with van der Waals surface area (Å²) in [6, 6.07) is 16.9. The summed E-state index contributed by atoms with van der Waals surface area (Å²) < 4.78 is 5.68. The Morgan fingerprint density at radius 1 is 1.00 bits per heavy atom. The molecular formula is C36H52N4O4. The van der Waals surface area contributed by atoms with Crippen LogP contribution in [-0.4, -0.2) is 51.3 Å². The normalized spacial score (nSPS) is 10.5. The van der Waals surface area contributed by atoms with E-state index in [1.807, 2.05) is 39.0 Å². The van der Waals surface area contributed by atoms with Crippen molar-refractivity contribution in [1.29, 1.82) is 5.41 Å². The zero-order valence-corrected chi connectivity index (χ0v) is 27.9. The highest BCUT2D eigenvalue weighted by molar-refractivity contribution is 5.96. The van der Waals surface area contributed by atoms with Gasteiger partial charge in [0.05, 0.1) is 6.61 Å². The number of hydrogen-bond donors (Lipinski definition) is 2. The second-order valence-electron chi connectivity index (χ2n) is 11.2. The molecule has 0 radical (unpaired) electrons. The van der Waals surface area contributed by atoms with Crippen LogP contribution in [0.1, 0.15) is 97.0 Å². The van der Waals surface area contributed by atoms with Gasteiger partial charge in [0, 0.05) is 36.8 Å². The number of aryl methyl sites for hydroxylation is 3. The van der Waals surface area contributed by atoms with Crippen LogP contribution in [0.25, 0.3) is 11.4 Å². The second-order valence-corrected chi connectivity index (χ2v) is 11.2. The molecule has 0 aliphatic rings. The third-order valence-corrected chi connectivity index (χ3v) is 7.03. The number of nitrogens with zero attached hydrogens (tertiary/aromatic N) is 3. The Bertz CT molecular complexity index is 1300. The van der Waals surface area contributed by atoms with Crippen LogP contribution in [0, 0.1) is 5.41 Å². The summed E-state index contributed by atoms with van der Waals surface area (Å²) in [5.41, 5.74) is 6.19. The minimum atomic E-state index is -0.250. The van der Waals surface area contributed by atoms with Gasteiger partial charge >= 0.3 is 0 Å². The third-order valence-electron chi connectivity index (χ3n) is 7.03.